The Morgan fingerprint density at radius 3 is 1.21 bits per heavy atom. The molecule has 0 aromatic heterocycles. The fourth-order valence-electron chi connectivity index (χ4n) is 4.14. The summed E-state index contributed by atoms with van der Waals surface area (Å²) in [7, 11) is 0. The Bertz CT molecular complexity index is 1080. The minimum absolute atomic E-state index is 0.408. The third-order valence-corrected chi connectivity index (χ3v) is 5.90. The minimum Gasteiger partial charge on any atom is -0.485 e. The lowest BCUT2D eigenvalue weighted by Gasteiger charge is -2.41. The van der Waals surface area contributed by atoms with Gasteiger partial charge in [0.25, 0.3) is 0 Å². The maximum Gasteiger partial charge on any atom is 0.135 e. The molecular weight excluding hydrogens is 408 g/mol. The van der Waals surface area contributed by atoms with Gasteiger partial charge in [0.15, 0.2) is 0 Å². The van der Waals surface area contributed by atoms with E-state index < -0.39 is 17.6 Å². The monoisotopic (exact) mass is 438 g/mol. The molecule has 0 aliphatic rings. The van der Waals surface area contributed by atoms with E-state index in [1.54, 1.807) is 0 Å². The van der Waals surface area contributed by atoms with Crippen LogP contribution >= 0.6 is 0 Å². The van der Waals surface area contributed by atoms with E-state index in [2.05, 4.69) is 13.8 Å². The van der Waals surface area contributed by atoms with Crippen molar-refractivity contribution in [3.63, 3.8) is 0 Å². The highest BCUT2D eigenvalue weighted by atomic mass is 16.5. The second-order valence-electron chi connectivity index (χ2n) is 8.70. The smallest absolute Gasteiger partial charge is 0.135 e. The maximum atomic E-state index is 6.63. The van der Waals surface area contributed by atoms with Crippen LogP contribution in [0, 0.1) is 5.41 Å². The van der Waals surface area contributed by atoms with Crippen molar-refractivity contribution in [1.29, 1.82) is 0 Å². The number of para-hydroxylation sites is 4. The molecule has 4 aromatic carbocycles. The Morgan fingerprint density at radius 1 is 0.515 bits per heavy atom. The lowest BCUT2D eigenvalue weighted by molar-refractivity contribution is -0.0244. The van der Waals surface area contributed by atoms with E-state index in [9.17, 15) is 0 Å². The summed E-state index contributed by atoms with van der Waals surface area (Å²) in [6, 6.07) is 35.2. The van der Waals surface area contributed by atoms with Gasteiger partial charge in [-0.25, -0.2) is 0 Å². The molecule has 0 saturated carbocycles. The molecule has 4 heteroatoms. The molecule has 4 N–H and O–H groups in total. The zero-order valence-electron chi connectivity index (χ0n) is 19.0. The highest BCUT2D eigenvalue weighted by molar-refractivity contribution is 5.51. The van der Waals surface area contributed by atoms with E-state index in [1.165, 1.54) is 0 Å². The number of hydrogen-bond acceptors (Lipinski definition) is 4. The summed E-state index contributed by atoms with van der Waals surface area (Å²) in [5.74, 6) is 1.52. The van der Waals surface area contributed by atoms with Gasteiger partial charge in [0.2, 0.25) is 0 Å². The van der Waals surface area contributed by atoms with Crippen molar-refractivity contribution in [2.45, 2.75) is 26.1 Å². The first-order valence-corrected chi connectivity index (χ1v) is 11.1. The molecule has 0 aliphatic heterocycles. The summed E-state index contributed by atoms with van der Waals surface area (Å²) >= 11 is 0. The Labute approximate surface area is 195 Å². The van der Waals surface area contributed by atoms with Crippen LogP contribution in [-0.2, 0) is 0 Å². The summed E-state index contributed by atoms with van der Waals surface area (Å²) in [5, 5.41) is 0. The Hall–Kier alpha value is -3.92. The second kappa shape index (κ2) is 9.70. The topological polar surface area (TPSA) is 70.5 Å². The summed E-state index contributed by atoms with van der Waals surface area (Å²) in [5.41, 5.74) is 15.5. The van der Waals surface area contributed by atoms with Crippen LogP contribution in [0.3, 0.4) is 0 Å². The maximum absolute atomic E-state index is 6.63. The van der Waals surface area contributed by atoms with E-state index in [0.29, 0.717) is 11.4 Å². The summed E-state index contributed by atoms with van der Waals surface area (Å²) < 4.78 is 13.3. The first-order chi connectivity index (χ1) is 16.0. The molecule has 2 unspecified atom stereocenters. The van der Waals surface area contributed by atoms with E-state index >= 15 is 0 Å². The quantitative estimate of drug-likeness (QED) is 0.296. The molecule has 33 heavy (non-hydrogen) atoms. The number of nitrogens with two attached hydrogens (primary N) is 2. The van der Waals surface area contributed by atoms with Gasteiger partial charge in [-0.2, -0.15) is 0 Å². The average Bonchev–Trinajstić information content (AvgIpc) is 2.83. The number of hydrogen-bond donors (Lipinski definition) is 2. The molecule has 0 heterocycles. The summed E-state index contributed by atoms with van der Waals surface area (Å²) in [6.07, 6.45) is -0.816. The molecule has 0 fully saturated rings. The number of anilines is 2. The third kappa shape index (κ3) is 4.96. The molecule has 0 saturated heterocycles. The predicted octanol–water partition coefficient (Wildman–Crippen LogP) is 6.82. The van der Waals surface area contributed by atoms with E-state index in [4.69, 9.17) is 20.9 Å². The normalized spacial score (nSPS) is 13.2. The summed E-state index contributed by atoms with van der Waals surface area (Å²) in [6.45, 7) is 4.26. The Morgan fingerprint density at radius 2 is 0.848 bits per heavy atom. The lowest BCUT2D eigenvalue weighted by atomic mass is 9.74. The van der Waals surface area contributed by atoms with Gasteiger partial charge in [-0.3, -0.25) is 0 Å². The first-order valence-electron chi connectivity index (χ1n) is 11.1. The van der Waals surface area contributed by atoms with Gasteiger partial charge in [0.05, 0.1) is 0 Å². The van der Waals surface area contributed by atoms with Crippen molar-refractivity contribution in [1.82, 2.24) is 0 Å². The highest BCUT2D eigenvalue weighted by Gasteiger charge is 2.44. The van der Waals surface area contributed by atoms with Gasteiger partial charge >= 0.3 is 0 Å². The van der Waals surface area contributed by atoms with Gasteiger partial charge in [0.1, 0.15) is 23.7 Å². The third-order valence-electron chi connectivity index (χ3n) is 5.90. The van der Waals surface area contributed by atoms with Gasteiger partial charge in [-0.05, 0) is 36.4 Å². The van der Waals surface area contributed by atoms with Crippen molar-refractivity contribution in [2.24, 2.45) is 5.41 Å². The van der Waals surface area contributed by atoms with Crippen molar-refractivity contribution in [3.05, 3.63) is 120 Å². The molecule has 0 aliphatic carbocycles. The van der Waals surface area contributed by atoms with Gasteiger partial charge in [-0.1, -0.05) is 86.6 Å². The number of rotatable bonds is 8. The molecule has 4 rings (SSSR count). The predicted molar refractivity (Wildman–Crippen MR) is 135 cm³/mol. The molecular formula is C29H30N2O2. The van der Waals surface area contributed by atoms with E-state index in [0.717, 1.165) is 22.6 Å². The van der Waals surface area contributed by atoms with Crippen LogP contribution < -0.4 is 20.9 Å². The lowest BCUT2D eigenvalue weighted by Crippen LogP contribution is -2.36. The van der Waals surface area contributed by atoms with Gasteiger partial charge in [0, 0.05) is 27.9 Å². The molecule has 0 amide bonds. The van der Waals surface area contributed by atoms with Crippen LogP contribution in [0.4, 0.5) is 11.4 Å². The number of benzene rings is 4. The average molecular weight is 439 g/mol. The zero-order chi connectivity index (χ0) is 23.3. The van der Waals surface area contributed by atoms with Crippen LogP contribution in [0.2, 0.25) is 0 Å². The Balaban J connectivity index is 1.84. The minimum atomic E-state index is -0.573. The molecule has 0 spiro atoms. The number of nitrogen functional groups attached to an aromatic ring is 2. The van der Waals surface area contributed by atoms with Crippen molar-refractivity contribution in [2.75, 3.05) is 11.5 Å². The van der Waals surface area contributed by atoms with Gasteiger partial charge < -0.3 is 20.9 Å². The second-order valence-corrected chi connectivity index (χ2v) is 8.70. The van der Waals surface area contributed by atoms with Crippen molar-refractivity contribution in [3.8, 4) is 11.5 Å². The SMILES string of the molecule is CC(C)(C(Oc1ccccc1)c1ccccc1N)C(Oc1ccccc1)c1ccccc1N. The van der Waals surface area contributed by atoms with Crippen molar-refractivity contribution >= 4 is 11.4 Å². The molecule has 4 aromatic rings. The zero-order valence-corrected chi connectivity index (χ0v) is 19.0. The van der Waals surface area contributed by atoms with Crippen LogP contribution in [0.1, 0.15) is 37.2 Å². The van der Waals surface area contributed by atoms with E-state index in [-0.39, 0.29) is 0 Å². The highest BCUT2D eigenvalue weighted by Crippen LogP contribution is 2.50. The number of ether oxygens (including phenoxy) is 2. The standard InChI is InChI=1S/C29H30N2O2/c1-29(2,27(23-17-9-11-19-25(23)30)32-21-13-5-3-6-14-21)28(24-18-10-12-20-26(24)31)33-22-15-7-4-8-16-22/h3-20,27-28H,30-31H2,1-2H3. The first kappa shape index (κ1) is 22.3. The Kier molecular flexibility index (Phi) is 6.55. The van der Waals surface area contributed by atoms with Gasteiger partial charge in [-0.15, -0.1) is 0 Å². The summed E-state index contributed by atoms with van der Waals surface area (Å²) in [4.78, 5) is 0. The molecule has 0 radical (unpaired) electrons. The molecule has 2 atom stereocenters. The fourth-order valence-corrected chi connectivity index (χ4v) is 4.14. The van der Waals surface area contributed by atoms with Crippen LogP contribution in [0.25, 0.3) is 0 Å². The van der Waals surface area contributed by atoms with Crippen LogP contribution in [-0.4, -0.2) is 0 Å². The molecule has 168 valence electrons. The van der Waals surface area contributed by atoms with Crippen LogP contribution in [0.5, 0.6) is 11.5 Å². The van der Waals surface area contributed by atoms with Crippen molar-refractivity contribution < 1.29 is 9.47 Å². The largest absolute Gasteiger partial charge is 0.485 e. The van der Waals surface area contributed by atoms with Crippen LogP contribution in [0.15, 0.2) is 109 Å². The molecule has 0 bridgehead atoms. The molecule has 4 nitrogen and oxygen atoms in total. The van der Waals surface area contributed by atoms with E-state index in [1.807, 2.05) is 109 Å². The fraction of sp³-hybridized carbons (Fsp3) is 0.172.